The molecule has 1 aromatic heterocycles. The van der Waals surface area contributed by atoms with Gasteiger partial charge in [0.15, 0.2) is 0 Å². The molecule has 0 saturated carbocycles. The highest BCUT2D eigenvalue weighted by molar-refractivity contribution is 9.10. The van der Waals surface area contributed by atoms with Gasteiger partial charge in [-0.1, -0.05) is 6.92 Å². The van der Waals surface area contributed by atoms with Crippen molar-refractivity contribution in [1.29, 1.82) is 0 Å². The lowest BCUT2D eigenvalue weighted by Crippen LogP contribution is -2.20. The van der Waals surface area contributed by atoms with Crippen molar-refractivity contribution in [3.05, 3.63) is 20.8 Å². The maximum atomic E-state index is 5.82. The maximum absolute atomic E-state index is 5.82. The molecule has 0 aromatic carbocycles. The van der Waals surface area contributed by atoms with E-state index in [9.17, 15) is 0 Å². The van der Waals surface area contributed by atoms with Gasteiger partial charge in [0.05, 0.1) is 0 Å². The fourth-order valence-corrected chi connectivity index (χ4v) is 2.46. The fourth-order valence-electron chi connectivity index (χ4n) is 0.853. The zero-order valence-electron chi connectivity index (χ0n) is 6.51. The van der Waals surface area contributed by atoms with Gasteiger partial charge in [-0.05, 0) is 40.2 Å². The van der Waals surface area contributed by atoms with E-state index in [1.165, 1.54) is 9.35 Å². The second-order valence-corrected chi connectivity index (χ2v) is 4.42. The summed E-state index contributed by atoms with van der Waals surface area (Å²) in [7, 11) is 0. The number of hydrogen-bond acceptors (Lipinski definition) is 2. The lowest BCUT2D eigenvalue weighted by atomic mass is 10.1. The van der Waals surface area contributed by atoms with Crippen molar-refractivity contribution in [1.82, 2.24) is 0 Å². The number of rotatable bonds is 3. The largest absolute Gasteiger partial charge is 0.327 e. The molecule has 0 aliphatic heterocycles. The van der Waals surface area contributed by atoms with Crippen molar-refractivity contribution in [2.45, 2.75) is 25.8 Å². The molecule has 1 heterocycles. The van der Waals surface area contributed by atoms with Crippen LogP contribution in [0.2, 0.25) is 0 Å². The van der Waals surface area contributed by atoms with Crippen molar-refractivity contribution in [2.75, 3.05) is 0 Å². The summed E-state index contributed by atoms with van der Waals surface area (Å²) >= 11 is 5.25. The summed E-state index contributed by atoms with van der Waals surface area (Å²) in [6, 6.07) is 2.38. The third-order valence-electron chi connectivity index (χ3n) is 1.66. The Morgan fingerprint density at radius 1 is 1.73 bits per heavy atom. The van der Waals surface area contributed by atoms with Crippen molar-refractivity contribution in [3.63, 3.8) is 0 Å². The first-order chi connectivity index (χ1) is 5.24. The highest BCUT2D eigenvalue weighted by atomic mass is 79.9. The van der Waals surface area contributed by atoms with Crippen molar-refractivity contribution < 1.29 is 0 Å². The first kappa shape index (κ1) is 9.23. The van der Waals surface area contributed by atoms with E-state index in [0.717, 1.165) is 12.8 Å². The SMILES string of the molecule is CCC(N)Cc1sccc1Br. The Morgan fingerprint density at radius 2 is 2.45 bits per heavy atom. The topological polar surface area (TPSA) is 26.0 Å². The summed E-state index contributed by atoms with van der Waals surface area (Å²) in [5, 5.41) is 2.09. The molecule has 0 aliphatic rings. The standard InChI is InChI=1S/C8H12BrNS/c1-2-6(10)5-8-7(9)3-4-11-8/h3-4,6H,2,5,10H2,1H3. The summed E-state index contributed by atoms with van der Waals surface area (Å²) in [6.07, 6.45) is 2.04. The van der Waals surface area contributed by atoms with Gasteiger partial charge in [0.1, 0.15) is 0 Å². The molecule has 0 fully saturated rings. The molecule has 1 unspecified atom stereocenters. The van der Waals surface area contributed by atoms with Gasteiger partial charge in [0, 0.05) is 15.4 Å². The summed E-state index contributed by atoms with van der Waals surface area (Å²) < 4.78 is 1.20. The molecule has 0 spiro atoms. The molecule has 62 valence electrons. The normalized spacial score (nSPS) is 13.4. The first-order valence-corrected chi connectivity index (χ1v) is 5.38. The van der Waals surface area contributed by atoms with Crippen LogP contribution in [0.15, 0.2) is 15.9 Å². The van der Waals surface area contributed by atoms with Crippen LogP contribution in [0.3, 0.4) is 0 Å². The summed E-state index contributed by atoms with van der Waals surface area (Å²) in [6.45, 7) is 2.12. The average molecular weight is 234 g/mol. The molecule has 0 saturated heterocycles. The second kappa shape index (κ2) is 4.24. The average Bonchev–Trinajstić information content (AvgIpc) is 2.37. The van der Waals surface area contributed by atoms with Crippen molar-refractivity contribution in [3.8, 4) is 0 Å². The van der Waals surface area contributed by atoms with E-state index in [2.05, 4.69) is 34.3 Å². The van der Waals surface area contributed by atoms with Crippen molar-refractivity contribution >= 4 is 27.3 Å². The predicted molar refractivity (Wildman–Crippen MR) is 54.0 cm³/mol. The van der Waals surface area contributed by atoms with E-state index >= 15 is 0 Å². The summed E-state index contributed by atoms with van der Waals surface area (Å²) in [5.41, 5.74) is 5.82. The second-order valence-electron chi connectivity index (χ2n) is 2.56. The molecule has 3 heteroatoms. The third-order valence-corrected chi connectivity index (χ3v) is 3.61. The van der Waals surface area contributed by atoms with Gasteiger partial charge in [-0.15, -0.1) is 11.3 Å². The van der Waals surface area contributed by atoms with Crippen LogP contribution in [0.25, 0.3) is 0 Å². The molecule has 0 radical (unpaired) electrons. The highest BCUT2D eigenvalue weighted by Crippen LogP contribution is 2.23. The fraction of sp³-hybridized carbons (Fsp3) is 0.500. The maximum Gasteiger partial charge on any atom is 0.0314 e. The Bertz CT molecular complexity index is 222. The molecule has 1 rings (SSSR count). The van der Waals surface area contributed by atoms with Crippen LogP contribution in [0.1, 0.15) is 18.2 Å². The van der Waals surface area contributed by atoms with E-state index < -0.39 is 0 Å². The zero-order chi connectivity index (χ0) is 8.27. The van der Waals surface area contributed by atoms with Crippen LogP contribution in [0, 0.1) is 0 Å². The number of nitrogens with two attached hydrogens (primary N) is 1. The first-order valence-electron chi connectivity index (χ1n) is 3.71. The van der Waals surface area contributed by atoms with E-state index in [1.54, 1.807) is 11.3 Å². The molecule has 1 atom stereocenters. The van der Waals surface area contributed by atoms with Crippen LogP contribution in [-0.2, 0) is 6.42 Å². The van der Waals surface area contributed by atoms with Gasteiger partial charge in [-0.25, -0.2) is 0 Å². The Balaban J connectivity index is 2.56. The molecule has 0 aliphatic carbocycles. The van der Waals surface area contributed by atoms with E-state index in [0.29, 0.717) is 6.04 Å². The molecular formula is C8H12BrNS. The Labute approximate surface area is 79.7 Å². The van der Waals surface area contributed by atoms with E-state index in [1.807, 2.05) is 0 Å². The molecule has 0 bridgehead atoms. The number of hydrogen-bond donors (Lipinski definition) is 1. The molecule has 1 nitrogen and oxygen atoms in total. The lowest BCUT2D eigenvalue weighted by Gasteiger charge is -2.06. The summed E-state index contributed by atoms with van der Waals surface area (Å²) in [5.74, 6) is 0. The van der Waals surface area contributed by atoms with Crippen LogP contribution in [0.5, 0.6) is 0 Å². The van der Waals surface area contributed by atoms with Crippen LogP contribution >= 0.6 is 27.3 Å². The smallest absolute Gasteiger partial charge is 0.0314 e. The molecule has 0 amide bonds. The van der Waals surface area contributed by atoms with Crippen LogP contribution in [0.4, 0.5) is 0 Å². The quantitative estimate of drug-likeness (QED) is 0.855. The van der Waals surface area contributed by atoms with Crippen LogP contribution < -0.4 is 5.73 Å². The molecular weight excluding hydrogens is 222 g/mol. The Kier molecular flexibility index (Phi) is 3.55. The highest BCUT2D eigenvalue weighted by Gasteiger charge is 2.05. The van der Waals surface area contributed by atoms with Crippen LogP contribution in [-0.4, -0.2) is 6.04 Å². The molecule has 1 aromatic rings. The minimum absolute atomic E-state index is 0.310. The third kappa shape index (κ3) is 2.58. The lowest BCUT2D eigenvalue weighted by molar-refractivity contribution is 0.651. The van der Waals surface area contributed by atoms with Gasteiger partial charge in [0.2, 0.25) is 0 Å². The monoisotopic (exact) mass is 233 g/mol. The Hall–Kier alpha value is 0.140. The number of halogens is 1. The van der Waals surface area contributed by atoms with Gasteiger partial charge in [-0.2, -0.15) is 0 Å². The van der Waals surface area contributed by atoms with E-state index in [4.69, 9.17) is 5.73 Å². The number of thiophene rings is 1. The summed E-state index contributed by atoms with van der Waals surface area (Å²) in [4.78, 5) is 1.36. The molecule has 2 N–H and O–H groups in total. The van der Waals surface area contributed by atoms with Crippen molar-refractivity contribution in [2.24, 2.45) is 5.73 Å². The van der Waals surface area contributed by atoms with Gasteiger partial charge in [0.25, 0.3) is 0 Å². The van der Waals surface area contributed by atoms with Gasteiger partial charge < -0.3 is 5.73 Å². The molecule has 11 heavy (non-hydrogen) atoms. The minimum atomic E-state index is 0.310. The van der Waals surface area contributed by atoms with Gasteiger partial charge >= 0.3 is 0 Å². The van der Waals surface area contributed by atoms with Gasteiger partial charge in [-0.3, -0.25) is 0 Å². The minimum Gasteiger partial charge on any atom is -0.327 e. The van der Waals surface area contributed by atoms with E-state index in [-0.39, 0.29) is 0 Å². The zero-order valence-corrected chi connectivity index (χ0v) is 8.91. The predicted octanol–water partition coefficient (Wildman–Crippen LogP) is 2.79. The Morgan fingerprint density at radius 3 is 2.91 bits per heavy atom.